The number of rotatable bonds is 6. The molecule has 0 radical (unpaired) electrons. The number of nitrogens with zero attached hydrogens (tertiary/aromatic N) is 3. The van der Waals surface area contributed by atoms with Gasteiger partial charge in [-0.15, -0.1) is 0 Å². The normalized spacial score (nSPS) is 17.7. The second-order valence-electron chi connectivity index (χ2n) is 5.17. The van der Waals surface area contributed by atoms with Crippen LogP contribution in [0.4, 0.5) is 11.4 Å². The summed E-state index contributed by atoms with van der Waals surface area (Å²) in [5, 5.41) is 20.4. The molecule has 1 aromatic carbocycles. The Hall–Kier alpha value is -1.70. The number of hydrogen-bond acceptors (Lipinski definition) is 6. The number of ether oxygens (including phenoxy) is 1. The molecule has 1 aliphatic rings. The highest BCUT2D eigenvalue weighted by Crippen LogP contribution is 2.20. The first-order valence-electron chi connectivity index (χ1n) is 6.99. The lowest BCUT2D eigenvalue weighted by molar-refractivity contribution is -0.384. The van der Waals surface area contributed by atoms with E-state index >= 15 is 0 Å². The minimum absolute atomic E-state index is 0.111. The molecule has 7 heteroatoms. The molecule has 1 heterocycles. The Morgan fingerprint density at radius 1 is 1.29 bits per heavy atom. The fraction of sp³-hybridized carbons (Fsp3) is 0.571. The molecule has 2 rings (SSSR count). The van der Waals surface area contributed by atoms with Crippen LogP contribution in [0.15, 0.2) is 24.3 Å². The highest BCUT2D eigenvalue weighted by molar-refractivity contribution is 5.51. The van der Waals surface area contributed by atoms with Crippen molar-refractivity contribution >= 4 is 11.4 Å². The highest BCUT2D eigenvalue weighted by atomic mass is 16.6. The van der Waals surface area contributed by atoms with E-state index in [9.17, 15) is 15.2 Å². The molecule has 0 aliphatic carbocycles. The van der Waals surface area contributed by atoms with Crippen LogP contribution >= 0.6 is 0 Å². The first-order chi connectivity index (χ1) is 10.1. The van der Waals surface area contributed by atoms with Gasteiger partial charge in [0.15, 0.2) is 0 Å². The van der Waals surface area contributed by atoms with Crippen molar-refractivity contribution in [3.63, 3.8) is 0 Å². The largest absolute Gasteiger partial charge is 0.389 e. The zero-order chi connectivity index (χ0) is 15.2. The third-order valence-corrected chi connectivity index (χ3v) is 3.63. The van der Waals surface area contributed by atoms with E-state index in [1.807, 2.05) is 0 Å². The SMILES string of the molecule is COC[C@@H](O)CN1CCN(c2ccc([N+](=O)[O-])cc2)CC1. The molecule has 0 unspecified atom stereocenters. The van der Waals surface area contributed by atoms with Gasteiger partial charge < -0.3 is 14.7 Å². The molecule has 1 N–H and O–H groups in total. The van der Waals surface area contributed by atoms with Crippen LogP contribution in [-0.2, 0) is 4.74 Å². The minimum atomic E-state index is -0.457. The summed E-state index contributed by atoms with van der Waals surface area (Å²) in [7, 11) is 1.58. The molecule has 0 amide bonds. The van der Waals surface area contributed by atoms with Gasteiger partial charge in [0, 0.05) is 57.7 Å². The third kappa shape index (κ3) is 4.38. The van der Waals surface area contributed by atoms with Crippen molar-refractivity contribution in [1.29, 1.82) is 0 Å². The van der Waals surface area contributed by atoms with Crippen molar-refractivity contribution < 1.29 is 14.8 Å². The maximum absolute atomic E-state index is 10.6. The summed E-state index contributed by atoms with van der Waals surface area (Å²) in [5.41, 5.74) is 1.11. The smallest absolute Gasteiger partial charge is 0.269 e. The average Bonchev–Trinajstić information content (AvgIpc) is 2.48. The lowest BCUT2D eigenvalue weighted by atomic mass is 10.2. The van der Waals surface area contributed by atoms with Crippen LogP contribution in [0.2, 0.25) is 0 Å². The van der Waals surface area contributed by atoms with Crippen LogP contribution in [0, 0.1) is 10.1 Å². The maximum Gasteiger partial charge on any atom is 0.269 e. The number of anilines is 1. The number of β-amino-alcohol motifs (C(OH)–C–C–N with tert-alkyl or cyclic N) is 1. The minimum Gasteiger partial charge on any atom is -0.389 e. The van der Waals surface area contributed by atoms with Crippen LogP contribution in [0.3, 0.4) is 0 Å². The van der Waals surface area contributed by atoms with Gasteiger partial charge in [-0.1, -0.05) is 0 Å². The van der Waals surface area contributed by atoms with Crippen LogP contribution in [0.25, 0.3) is 0 Å². The first kappa shape index (κ1) is 15.7. The predicted molar refractivity (Wildman–Crippen MR) is 79.6 cm³/mol. The number of piperazine rings is 1. The second kappa shape index (κ2) is 7.35. The summed E-state index contributed by atoms with van der Waals surface area (Å²) in [6.45, 7) is 4.37. The molecule has 7 nitrogen and oxygen atoms in total. The standard InChI is InChI=1S/C14H21N3O4/c1-21-11-14(18)10-15-6-8-16(9-7-15)12-2-4-13(5-3-12)17(19)20/h2-5,14,18H,6-11H2,1H3/t14-/m0/s1. The van der Waals surface area contributed by atoms with E-state index in [0.717, 1.165) is 31.9 Å². The zero-order valence-corrected chi connectivity index (χ0v) is 12.1. The molecular formula is C14H21N3O4. The number of hydrogen-bond donors (Lipinski definition) is 1. The lowest BCUT2D eigenvalue weighted by Crippen LogP contribution is -2.49. The molecule has 1 aromatic rings. The summed E-state index contributed by atoms with van der Waals surface area (Å²) < 4.78 is 4.92. The Labute approximate surface area is 123 Å². The van der Waals surface area contributed by atoms with Gasteiger partial charge in [0.25, 0.3) is 5.69 Å². The number of non-ortho nitro benzene ring substituents is 1. The van der Waals surface area contributed by atoms with Gasteiger partial charge in [-0.25, -0.2) is 0 Å². The first-order valence-corrected chi connectivity index (χ1v) is 6.99. The second-order valence-corrected chi connectivity index (χ2v) is 5.17. The average molecular weight is 295 g/mol. The van der Waals surface area contributed by atoms with Crippen molar-refractivity contribution in [2.75, 3.05) is 51.3 Å². The molecular weight excluding hydrogens is 274 g/mol. The molecule has 1 saturated heterocycles. The van der Waals surface area contributed by atoms with Crippen molar-refractivity contribution in [3.8, 4) is 0 Å². The van der Waals surface area contributed by atoms with E-state index in [4.69, 9.17) is 4.74 Å². The number of aliphatic hydroxyl groups is 1. The van der Waals surface area contributed by atoms with Crippen LogP contribution in [0.1, 0.15) is 0 Å². The third-order valence-electron chi connectivity index (χ3n) is 3.63. The Morgan fingerprint density at radius 3 is 2.43 bits per heavy atom. The van der Waals surface area contributed by atoms with Gasteiger partial charge >= 0.3 is 0 Å². The van der Waals surface area contributed by atoms with Crippen LogP contribution in [0.5, 0.6) is 0 Å². The predicted octanol–water partition coefficient (Wildman–Crippen LogP) is 0.724. The van der Waals surface area contributed by atoms with Crippen molar-refractivity contribution in [2.24, 2.45) is 0 Å². The van der Waals surface area contributed by atoms with Gasteiger partial charge in [-0.05, 0) is 12.1 Å². The van der Waals surface area contributed by atoms with Crippen molar-refractivity contribution in [2.45, 2.75) is 6.10 Å². The fourth-order valence-electron chi connectivity index (χ4n) is 2.52. The molecule has 0 bridgehead atoms. The number of aliphatic hydroxyl groups excluding tert-OH is 1. The Morgan fingerprint density at radius 2 is 1.90 bits per heavy atom. The van der Waals surface area contributed by atoms with E-state index < -0.39 is 6.10 Å². The van der Waals surface area contributed by atoms with Crippen molar-refractivity contribution in [1.82, 2.24) is 4.90 Å². The fourth-order valence-corrected chi connectivity index (χ4v) is 2.52. The Kier molecular flexibility index (Phi) is 5.49. The number of nitro groups is 1. The summed E-state index contributed by atoms with van der Waals surface area (Å²) in [5.74, 6) is 0. The van der Waals surface area contributed by atoms with Gasteiger partial charge in [-0.3, -0.25) is 15.0 Å². The molecule has 21 heavy (non-hydrogen) atoms. The lowest BCUT2D eigenvalue weighted by Gasteiger charge is -2.36. The van der Waals surface area contributed by atoms with Gasteiger partial charge in [0.1, 0.15) is 0 Å². The van der Waals surface area contributed by atoms with E-state index in [1.165, 1.54) is 12.1 Å². The molecule has 0 saturated carbocycles. The van der Waals surface area contributed by atoms with E-state index in [0.29, 0.717) is 13.2 Å². The quantitative estimate of drug-likeness (QED) is 0.615. The summed E-state index contributed by atoms with van der Waals surface area (Å²) in [6.07, 6.45) is -0.457. The number of benzene rings is 1. The highest BCUT2D eigenvalue weighted by Gasteiger charge is 2.19. The van der Waals surface area contributed by atoms with Gasteiger partial charge in [0.2, 0.25) is 0 Å². The van der Waals surface area contributed by atoms with Gasteiger partial charge in [0.05, 0.1) is 17.6 Å². The molecule has 0 aromatic heterocycles. The topological polar surface area (TPSA) is 79.1 Å². The van der Waals surface area contributed by atoms with E-state index in [1.54, 1.807) is 19.2 Å². The van der Waals surface area contributed by atoms with Crippen LogP contribution in [-0.4, -0.2) is 67.5 Å². The summed E-state index contributed by atoms with van der Waals surface area (Å²) >= 11 is 0. The summed E-state index contributed by atoms with van der Waals surface area (Å²) in [4.78, 5) is 14.6. The summed E-state index contributed by atoms with van der Waals surface area (Å²) in [6, 6.07) is 6.63. The van der Waals surface area contributed by atoms with E-state index in [2.05, 4.69) is 9.80 Å². The monoisotopic (exact) mass is 295 g/mol. The molecule has 0 spiro atoms. The Bertz CT molecular complexity index is 458. The number of nitro benzene ring substituents is 1. The van der Waals surface area contributed by atoms with E-state index in [-0.39, 0.29) is 10.6 Å². The zero-order valence-electron chi connectivity index (χ0n) is 12.1. The Balaban J connectivity index is 1.84. The molecule has 116 valence electrons. The molecule has 1 atom stereocenters. The van der Waals surface area contributed by atoms with Crippen LogP contribution < -0.4 is 4.90 Å². The number of methoxy groups -OCH3 is 1. The molecule has 1 fully saturated rings. The maximum atomic E-state index is 10.6. The van der Waals surface area contributed by atoms with Crippen molar-refractivity contribution in [3.05, 3.63) is 34.4 Å². The van der Waals surface area contributed by atoms with Gasteiger partial charge in [-0.2, -0.15) is 0 Å². The molecule has 1 aliphatic heterocycles.